The van der Waals surface area contributed by atoms with Crippen LogP contribution in [0.4, 0.5) is 0 Å². The van der Waals surface area contributed by atoms with Crippen LogP contribution in [-0.4, -0.2) is 31.1 Å². The molecule has 1 aliphatic heterocycles. The van der Waals surface area contributed by atoms with E-state index in [1.807, 2.05) is 0 Å². The van der Waals surface area contributed by atoms with Gasteiger partial charge in [-0.3, -0.25) is 0 Å². The molecule has 0 aromatic heterocycles. The molecule has 0 aliphatic carbocycles. The van der Waals surface area contributed by atoms with E-state index in [-0.39, 0.29) is 5.41 Å². The quantitative estimate of drug-likeness (QED) is 0.675. The van der Waals surface area contributed by atoms with Gasteiger partial charge in [0.25, 0.3) is 0 Å². The number of benzene rings is 1. The molecule has 1 heterocycles. The standard InChI is InChI=1S/C21H35NO/c1-17-14-18(2)16-22(15-17)12-6-7-13-23-20-10-8-19(9-11-20)21(3,4)5/h8-11,17-18H,6-7,12-16H2,1-5H3/t17-,18-/m0/s1. The van der Waals surface area contributed by atoms with Gasteiger partial charge in [-0.2, -0.15) is 0 Å². The summed E-state index contributed by atoms with van der Waals surface area (Å²) in [5.74, 6) is 2.71. The third-order valence-electron chi connectivity index (χ3n) is 4.80. The number of rotatable bonds is 6. The highest BCUT2D eigenvalue weighted by Gasteiger charge is 2.20. The largest absolute Gasteiger partial charge is 0.494 e. The van der Waals surface area contributed by atoms with E-state index in [0.29, 0.717) is 0 Å². The van der Waals surface area contributed by atoms with E-state index in [0.717, 1.165) is 30.6 Å². The molecular weight excluding hydrogens is 282 g/mol. The summed E-state index contributed by atoms with van der Waals surface area (Å²) in [4.78, 5) is 2.64. The van der Waals surface area contributed by atoms with E-state index < -0.39 is 0 Å². The van der Waals surface area contributed by atoms with Crippen LogP contribution in [0.3, 0.4) is 0 Å². The van der Waals surface area contributed by atoms with Crippen LogP contribution in [-0.2, 0) is 5.41 Å². The third-order valence-corrected chi connectivity index (χ3v) is 4.80. The minimum absolute atomic E-state index is 0.210. The Labute approximate surface area is 143 Å². The second kappa shape index (κ2) is 8.19. The number of unbranched alkanes of at least 4 members (excludes halogenated alkanes) is 1. The molecule has 0 radical (unpaired) electrons. The van der Waals surface area contributed by atoms with Crippen molar-refractivity contribution in [1.29, 1.82) is 0 Å². The van der Waals surface area contributed by atoms with E-state index in [9.17, 15) is 0 Å². The van der Waals surface area contributed by atoms with Crippen molar-refractivity contribution in [2.45, 2.75) is 59.3 Å². The molecule has 1 aromatic carbocycles. The van der Waals surface area contributed by atoms with E-state index >= 15 is 0 Å². The first-order chi connectivity index (χ1) is 10.8. The lowest BCUT2D eigenvalue weighted by Gasteiger charge is -2.34. The first-order valence-corrected chi connectivity index (χ1v) is 9.30. The molecule has 0 spiro atoms. The molecule has 1 saturated heterocycles. The summed E-state index contributed by atoms with van der Waals surface area (Å²) < 4.78 is 5.89. The van der Waals surface area contributed by atoms with Crippen LogP contribution < -0.4 is 4.74 Å². The number of ether oxygens (including phenoxy) is 1. The maximum atomic E-state index is 5.89. The van der Waals surface area contributed by atoms with Crippen LogP contribution in [0, 0.1) is 11.8 Å². The lowest BCUT2D eigenvalue weighted by atomic mass is 9.87. The fourth-order valence-corrected chi connectivity index (χ4v) is 3.65. The average molecular weight is 318 g/mol. The molecule has 2 rings (SSSR count). The fourth-order valence-electron chi connectivity index (χ4n) is 3.65. The minimum atomic E-state index is 0.210. The predicted molar refractivity (Wildman–Crippen MR) is 99.3 cm³/mol. The normalized spacial score (nSPS) is 23.0. The Bertz CT molecular complexity index is 450. The summed E-state index contributed by atoms with van der Waals surface area (Å²) in [5.41, 5.74) is 1.57. The lowest BCUT2D eigenvalue weighted by molar-refractivity contribution is 0.136. The van der Waals surface area contributed by atoms with Crippen LogP contribution >= 0.6 is 0 Å². The van der Waals surface area contributed by atoms with Gasteiger partial charge in [0.05, 0.1) is 6.61 Å². The molecular formula is C21H35NO. The number of hydrogen-bond donors (Lipinski definition) is 0. The number of piperidine rings is 1. The van der Waals surface area contributed by atoms with Crippen molar-refractivity contribution in [3.63, 3.8) is 0 Å². The van der Waals surface area contributed by atoms with Crippen LogP contribution in [0.25, 0.3) is 0 Å². The molecule has 2 nitrogen and oxygen atoms in total. The van der Waals surface area contributed by atoms with Gasteiger partial charge in [-0.05, 0) is 60.8 Å². The predicted octanol–water partition coefficient (Wildman–Crippen LogP) is 5.12. The molecule has 0 bridgehead atoms. The maximum absolute atomic E-state index is 5.89. The molecule has 0 N–H and O–H groups in total. The zero-order valence-electron chi connectivity index (χ0n) is 15.8. The van der Waals surface area contributed by atoms with Crippen LogP contribution in [0.2, 0.25) is 0 Å². The maximum Gasteiger partial charge on any atom is 0.119 e. The highest BCUT2D eigenvalue weighted by molar-refractivity contribution is 5.31. The summed E-state index contributed by atoms with van der Waals surface area (Å²) in [5, 5.41) is 0. The number of nitrogens with zero attached hydrogens (tertiary/aromatic N) is 1. The van der Waals surface area contributed by atoms with Crippen molar-refractivity contribution >= 4 is 0 Å². The Morgan fingerprint density at radius 3 is 2.17 bits per heavy atom. The average Bonchev–Trinajstić information content (AvgIpc) is 2.45. The van der Waals surface area contributed by atoms with Gasteiger partial charge < -0.3 is 9.64 Å². The number of likely N-dealkylation sites (tertiary alicyclic amines) is 1. The molecule has 0 amide bonds. The van der Waals surface area contributed by atoms with Gasteiger partial charge in [-0.25, -0.2) is 0 Å². The molecule has 0 saturated carbocycles. The molecule has 1 aromatic rings. The Balaban J connectivity index is 1.64. The zero-order valence-corrected chi connectivity index (χ0v) is 15.8. The first-order valence-electron chi connectivity index (χ1n) is 9.30. The highest BCUT2D eigenvalue weighted by atomic mass is 16.5. The van der Waals surface area contributed by atoms with Gasteiger partial charge in [0, 0.05) is 13.1 Å². The van der Waals surface area contributed by atoms with Crippen LogP contribution in [0.15, 0.2) is 24.3 Å². The summed E-state index contributed by atoms with van der Waals surface area (Å²) in [6, 6.07) is 8.58. The van der Waals surface area contributed by atoms with Gasteiger partial charge in [0.15, 0.2) is 0 Å². The molecule has 2 heteroatoms. The lowest BCUT2D eigenvalue weighted by Crippen LogP contribution is -2.39. The van der Waals surface area contributed by atoms with Gasteiger partial charge in [-0.15, -0.1) is 0 Å². The van der Waals surface area contributed by atoms with Crippen LogP contribution in [0.5, 0.6) is 5.75 Å². The Morgan fingerprint density at radius 1 is 1.00 bits per heavy atom. The van der Waals surface area contributed by atoms with Crippen molar-refractivity contribution in [2.75, 3.05) is 26.2 Å². The Kier molecular flexibility index (Phi) is 6.52. The smallest absolute Gasteiger partial charge is 0.119 e. The topological polar surface area (TPSA) is 12.5 Å². The SMILES string of the molecule is C[C@H]1C[C@H](C)CN(CCCCOc2ccc(C(C)(C)C)cc2)C1. The van der Waals surface area contributed by atoms with Crippen LogP contribution in [0.1, 0.15) is 59.4 Å². The molecule has 23 heavy (non-hydrogen) atoms. The van der Waals surface area contributed by atoms with Crippen molar-refractivity contribution < 1.29 is 4.74 Å². The monoisotopic (exact) mass is 317 g/mol. The molecule has 1 aliphatic rings. The van der Waals surface area contributed by atoms with Crippen molar-refractivity contribution in [3.05, 3.63) is 29.8 Å². The van der Waals surface area contributed by atoms with E-state index in [1.54, 1.807) is 0 Å². The summed E-state index contributed by atoms with van der Waals surface area (Å²) >= 11 is 0. The second-order valence-corrected chi connectivity index (χ2v) is 8.54. The molecule has 1 fully saturated rings. The molecule has 130 valence electrons. The third kappa shape index (κ3) is 6.18. The van der Waals surface area contributed by atoms with Gasteiger partial charge >= 0.3 is 0 Å². The summed E-state index contributed by atoms with van der Waals surface area (Å²) in [6.45, 7) is 16.1. The highest BCUT2D eigenvalue weighted by Crippen LogP contribution is 2.24. The van der Waals surface area contributed by atoms with Gasteiger partial charge in [0.1, 0.15) is 5.75 Å². The van der Waals surface area contributed by atoms with E-state index in [4.69, 9.17) is 4.74 Å². The van der Waals surface area contributed by atoms with Gasteiger partial charge in [-0.1, -0.05) is 46.8 Å². The number of hydrogen-bond acceptors (Lipinski definition) is 2. The first kappa shape index (κ1) is 18.3. The fraction of sp³-hybridized carbons (Fsp3) is 0.714. The zero-order chi connectivity index (χ0) is 16.9. The molecule has 0 unspecified atom stereocenters. The Morgan fingerprint density at radius 2 is 1.61 bits per heavy atom. The molecule has 2 atom stereocenters. The summed E-state index contributed by atoms with van der Waals surface area (Å²) in [7, 11) is 0. The van der Waals surface area contributed by atoms with Gasteiger partial charge in [0.2, 0.25) is 0 Å². The van der Waals surface area contributed by atoms with Crippen molar-refractivity contribution in [2.24, 2.45) is 11.8 Å². The second-order valence-electron chi connectivity index (χ2n) is 8.54. The van der Waals surface area contributed by atoms with Crippen molar-refractivity contribution in [3.8, 4) is 5.75 Å². The minimum Gasteiger partial charge on any atom is -0.494 e. The van der Waals surface area contributed by atoms with Crippen molar-refractivity contribution in [1.82, 2.24) is 4.90 Å². The van der Waals surface area contributed by atoms with E-state index in [1.165, 1.54) is 38.0 Å². The Hall–Kier alpha value is -1.02. The summed E-state index contributed by atoms with van der Waals surface area (Å²) in [6.07, 6.45) is 3.77. The van der Waals surface area contributed by atoms with E-state index in [2.05, 4.69) is 63.8 Å².